The third kappa shape index (κ3) is 5.09. The first-order valence-corrected chi connectivity index (χ1v) is 10.1. The standard InChI is InChI=1S/C23H25N3O5/c1-4-5-14-26-22(28)19-9-7-6-8-18(19)20(25-26)23(29)31-15(2)21(27)24-16-10-12-17(30-3)13-11-16/h6-13,15H,4-5,14H2,1-3H3,(H,24,27)/t15-/m1/s1. The molecule has 31 heavy (non-hydrogen) atoms. The second-order valence-electron chi connectivity index (χ2n) is 7.04. The van der Waals surface area contributed by atoms with E-state index in [1.54, 1.807) is 55.6 Å². The molecular weight excluding hydrogens is 398 g/mol. The van der Waals surface area contributed by atoms with Gasteiger partial charge in [-0.05, 0) is 43.7 Å². The summed E-state index contributed by atoms with van der Waals surface area (Å²) in [5.74, 6) is -0.588. The van der Waals surface area contributed by atoms with Crippen LogP contribution in [0.5, 0.6) is 5.75 Å². The summed E-state index contributed by atoms with van der Waals surface area (Å²) in [6.45, 7) is 3.88. The van der Waals surface area contributed by atoms with Crippen molar-refractivity contribution < 1.29 is 19.1 Å². The van der Waals surface area contributed by atoms with E-state index in [2.05, 4.69) is 10.4 Å². The predicted octanol–water partition coefficient (Wildman–Crippen LogP) is 3.39. The van der Waals surface area contributed by atoms with Crippen LogP contribution in [0.2, 0.25) is 0 Å². The molecule has 1 amide bonds. The second kappa shape index (κ2) is 9.88. The number of carbonyl (C=O) groups is 2. The van der Waals surface area contributed by atoms with Gasteiger partial charge in [0.05, 0.1) is 12.5 Å². The lowest BCUT2D eigenvalue weighted by Crippen LogP contribution is -2.32. The molecule has 0 aliphatic carbocycles. The molecule has 3 rings (SSSR count). The van der Waals surface area contributed by atoms with Crippen molar-refractivity contribution in [2.24, 2.45) is 0 Å². The van der Waals surface area contributed by atoms with Crippen molar-refractivity contribution in [1.82, 2.24) is 9.78 Å². The number of methoxy groups -OCH3 is 1. The van der Waals surface area contributed by atoms with E-state index < -0.39 is 18.0 Å². The number of carbonyl (C=O) groups excluding carboxylic acids is 2. The van der Waals surface area contributed by atoms with E-state index in [1.165, 1.54) is 11.6 Å². The highest BCUT2D eigenvalue weighted by Crippen LogP contribution is 2.17. The number of fused-ring (bicyclic) bond motifs is 1. The molecule has 1 heterocycles. The quantitative estimate of drug-likeness (QED) is 0.558. The van der Waals surface area contributed by atoms with Crippen molar-refractivity contribution in [2.75, 3.05) is 12.4 Å². The molecular formula is C23H25N3O5. The van der Waals surface area contributed by atoms with Gasteiger partial charge >= 0.3 is 5.97 Å². The number of hydrogen-bond acceptors (Lipinski definition) is 6. The van der Waals surface area contributed by atoms with Crippen LogP contribution in [-0.2, 0) is 16.1 Å². The van der Waals surface area contributed by atoms with Gasteiger partial charge in [-0.2, -0.15) is 5.10 Å². The highest BCUT2D eigenvalue weighted by atomic mass is 16.5. The maximum atomic E-state index is 12.9. The summed E-state index contributed by atoms with van der Waals surface area (Å²) in [4.78, 5) is 38.0. The molecule has 0 radical (unpaired) electrons. The highest BCUT2D eigenvalue weighted by molar-refractivity contribution is 6.03. The molecule has 0 fully saturated rings. The van der Waals surface area contributed by atoms with Gasteiger partial charge in [0.15, 0.2) is 11.8 Å². The number of benzene rings is 2. The minimum Gasteiger partial charge on any atom is -0.497 e. The van der Waals surface area contributed by atoms with E-state index in [0.29, 0.717) is 28.8 Å². The summed E-state index contributed by atoms with van der Waals surface area (Å²) in [6.07, 6.45) is 0.565. The van der Waals surface area contributed by atoms with Crippen LogP contribution in [0.4, 0.5) is 5.69 Å². The number of esters is 1. The Kier molecular flexibility index (Phi) is 7.02. The van der Waals surface area contributed by atoms with Crippen LogP contribution in [-0.4, -0.2) is 34.9 Å². The van der Waals surface area contributed by atoms with E-state index >= 15 is 0 Å². The summed E-state index contributed by atoms with van der Waals surface area (Å²) in [6, 6.07) is 13.5. The Labute approximate surface area is 179 Å². The lowest BCUT2D eigenvalue weighted by atomic mass is 10.1. The Hall–Kier alpha value is -3.68. The van der Waals surface area contributed by atoms with Crippen LogP contribution < -0.4 is 15.6 Å². The molecule has 0 spiro atoms. The number of unbranched alkanes of at least 4 members (excludes halogenated alkanes) is 1. The van der Waals surface area contributed by atoms with Crippen molar-refractivity contribution in [3.05, 3.63) is 64.6 Å². The number of aromatic nitrogens is 2. The summed E-state index contributed by atoms with van der Waals surface area (Å²) < 4.78 is 11.7. The molecule has 0 aliphatic rings. The number of hydrogen-bond donors (Lipinski definition) is 1. The molecule has 0 saturated carbocycles. The lowest BCUT2D eigenvalue weighted by Gasteiger charge is -2.15. The largest absolute Gasteiger partial charge is 0.497 e. The second-order valence-corrected chi connectivity index (χ2v) is 7.04. The van der Waals surface area contributed by atoms with Gasteiger partial charge in [0.1, 0.15) is 5.75 Å². The number of nitrogens with one attached hydrogen (secondary N) is 1. The first-order chi connectivity index (χ1) is 14.9. The fraction of sp³-hybridized carbons (Fsp3) is 0.304. The van der Waals surface area contributed by atoms with Crippen LogP contribution >= 0.6 is 0 Å². The van der Waals surface area contributed by atoms with Crippen molar-refractivity contribution in [3.63, 3.8) is 0 Å². The lowest BCUT2D eigenvalue weighted by molar-refractivity contribution is -0.123. The third-order valence-electron chi connectivity index (χ3n) is 4.80. The number of ether oxygens (including phenoxy) is 2. The number of amides is 1. The molecule has 8 heteroatoms. The normalized spacial score (nSPS) is 11.7. The summed E-state index contributed by atoms with van der Waals surface area (Å²) in [7, 11) is 1.55. The first kappa shape index (κ1) is 22.0. The van der Waals surface area contributed by atoms with Gasteiger partial charge in [-0.3, -0.25) is 9.59 Å². The van der Waals surface area contributed by atoms with Gasteiger partial charge in [-0.25, -0.2) is 9.48 Å². The van der Waals surface area contributed by atoms with Gasteiger partial charge in [-0.1, -0.05) is 31.5 Å². The zero-order valence-electron chi connectivity index (χ0n) is 17.8. The maximum absolute atomic E-state index is 12.9. The molecule has 162 valence electrons. The predicted molar refractivity (Wildman–Crippen MR) is 117 cm³/mol. The first-order valence-electron chi connectivity index (χ1n) is 10.1. The molecule has 1 N–H and O–H groups in total. The maximum Gasteiger partial charge on any atom is 0.360 e. The van der Waals surface area contributed by atoms with Crippen molar-refractivity contribution in [1.29, 1.82) is 0 Å². The average molecular weight is 423 g/mol. The monoisotopic (exact) mass is 423 g/mol. The molecule has 0 bridgehead atoms. The molecule has 8 nitrogen and oxygen atoms in total. The molecule has 1 aromatic heterocycles. The molecule has 1 atom stereocenters. The van der Waals surface area contributed by atoms with Crippen LogP contribution in [0, 0.1) is 0 Å². The Bertz CT molecular complexity index is 1140. The summed E-state index contributed by atoms with van der Waals surface area (Å²) >= 11 is 0. The minimum atomic E-state index is -1.06. The van der Waals surface area contributed by atoms with Crippen LogP contribution in [0.3, 0.4) is 0 Å². The molecule has 2 aromatic carbocycles. The Balaban J connectivity index is 1.80. The molecule has 0 saturated heterocycles. The Morgan fingerprint density at radius 2 is 1.77 bits per heavy atom. The zero-order chi connectivity index (χ0) is 22.4. The Morgan fingerprint density at radius 1 is 1.10 bits per heavy atom. The number of aryl methyl sites for hydroxylation is 1. The Morgan fingerprint density at radius 3 is 2.42 bits per heavy atom. The molecule has 3 aromatic rings. The van der Waals surface area contributed by atoms with Crippen molar-refractivity contribution in [2.45, 2.75) is 39.3 Å². The SMILES string of the molecule is CCCCn1nc(C(=O)O[C@H](C)C(=O)Nc2ccc(OC)cc2)c2ccccc2c1=O. The van der Waals surface area contributed by atoms with Crippen LogP contribution in [0.25, 0.3) is 10.8 Å². The van der Waals surface area contributed by atoms with Gasteiger partial charge < -0.3 is 14.8 Å². The van der Waals surface area contributed by atoms with Gasteiger partial charge in [0.2, 0.25) is 0 Å². The van der Waals surface area contributed by atoms with Crippen LogP contribution in [0.15, 0.2) is 53.3 Å². The summed E-state index contributed by atoms with van der Waals surface area (Å²) in [5, 5.41) is 7.71. The van der Waals surface area contributed by atoms with E-state index in [4.69, 9.17) is 9.47 Å². The van der Waals surface area contributed by atoms with Gasteiger partial charge in [-0.15, -0.1) is 0 Å². The van der Waals surface area contributed by atoms with Crippen molar-refractivity contribution >= 4 is 28.3 Å². The highest BCUT2D eigenvalue weighted by Gasteiger charge is 2.23. The number of rotatable bonds is 8. The average Bonchev–Trinajstić information content (AvgIpc) is 2.79. The number of nitrogens with zero attached hydrogens (tertiary/aromatic N) is 2. The minimum absolute atomic E-state index is 0.00963. The van der Waals surface area contributed by atoms with E-state index in [-0.39, 0.29) is 11.3 Å². The number of anilines is 1. The fourth-order valence-electron chi connectivity index (χ4n) is 3.03. The summed E-state index contributed by atoms with van der Waals surface area (Å²) in [5.41, 5.74) is 0.298. The topological polar surface area (TPSA) is 99.5 Å². The molecule has 0 unspecified atom stereocenters. The molecule has 0 aliphatic heterocycles. The van der Waals surface area contributed by atoms with E-state index in [1.807, 2.05) is 6.92 Å². The smallest absolute Gasteiger partial charge is 0.360 e. The fourth-order valence-corrected chi connectivity index (χ4v) is 3.03. The van der Waals surface area contributed by atoms with Gasteiger partial charge in [0.25, 0.3) is 11.5 Å². The van der Waals surface area contributed by atoms with Crippen molar-refractivity contribution in [3.8, 4) is 5.75 Å². The zero-order valence-corrected chi connectivity index (χ0v) is 17.8. The van der Waals surface area contributed by atoms with Crippen LogP contribution in [0.1, 0.15) is 37.2 Å². The van der Waals surface area contributed by atoms with E-state index in [0.717, 1.165) is 12.8 Å². The van der Waals surface area contributed by atoms with Gasteiger partial charge in [0, 0.05) is 17.6 Å². The third-order valence-corrected chi connectivity index (χ3v) is 4.80. The van der Waals surface area contributed by atoms with E-state index in [9.17, 15) is 14.4 Å².